The molecule has 1 aliphatic heterocycles. The van der Waals surface area contributed by atoms with Crippen LogP contribution in [0.3, 0.4) is 0 Å². The average Bonchev–Trinajstić information content (AvgIpc) is 3.04. The van der Waals surface area contributed by atoms with Crippen LogP contribution in [0.2, 0.25) is 0 Å². The van der Waals surface area contributed by atoms with Gasteiger partial charge >= 0.3 is 0 Å². The highest BCUT2D eigenvalue weighted by atomic mass is 32.1. The van der Waals surface area contributed by atoms with E-state index in [1.165, 1.54) is 0 Å². The van der Waals surface area contributed by atoms with Gasteiger partial charge in [0.25, 0.3) is 0 Å². The summed E-state index contributed by atoms with van der Waals surface area (Å²) < 4.78 is 0. The summed E-state index contributed by atoms with van der Waals surface area (Å²) >= 11 is 4.91. The molecule has 6 heteroatoms. The molecule has 0 radical (unpaired) electrons. The average molecular weight is 286 g/mol. The summed E-state index contributed by atoms with van der Waals surface area (Å²) in [6.07, 6.45) is 3.17. The topological polar surface area (TPSA) is 69.8 Å². The molecule has 3 rings (SSSR count). The van der Waals surface area contributed by atoms with Crippen LogP contribution in [0.15, 0.2) is 36.5 Å². The Morgan fingerprint density at radius 2 is 2.05 bits per heavy atom. The Morgan fingerprint density at radius 3 is 2.75 bits per heavy atom. The van der Waals surface area contributed by atoms with Crippen LogP contribution < -0.4 is 10.6 Å². The second-order valence-electron chi connectivity index (χ2n) is 4.66. The minimum absolute atomic E-state index is 0.0650. The zero-order valence-electron chi connectivity index (χ0n) is 10.7. The van der Waals surface area contributed by atoms with Gasteiger partial charge in [0.05, 0.1) is 11.9 Å². The van der Waals surface area contributed by atoms with Gasteiger partial charge in [-0.2, -0.15) is 0 Å². The smallest absolute Gasteiger partial charge is 0.248 e. The predicted octanol–water partition coefficient (Wildman–Crippen LogP) is 1.38. The third-order valence-electron chi connectivity index (χ3n) is 3.24. The molecule has 1 saturated heterocycles. The number of benzene rings is 1. The number of nitrogens with one attached hydrogen (secondary N) is 3. The van der Waals surface area contributed by atoms with E-state index in [0.717, 1.165) is 17.1 Å². The lowest BCUT2D eigenvalue weighted by Gasteiger charge is -2.05. The quantitative estimate of drug-likeness (QED) is 0.743. The highest BCUT2D eigenvalue weighted by Gasteiger charge is 2.26. The second kappa shape index (κ2) is 5.42. The van der Waals surface area contributed by atoms with E-state index in [1.54, 1.807) is 0 Å². The minimum atomic E-state index is -0.257. The van der Waals surface area contributed by atoms with E-state index in [2.05, 4.69) is 20.6 Å². The first kappa shape index (κ1) is 12.8. The lowest BCUT2D eigenvalue weighted by atomic mass is 10.1. The van der Waals surface area contributed by atoms with Crippen molar-refractivity contribution in [3.8, 4) is 11.3 Å². The van der Waals surface area contributed by atoms with Crippen LogP contribution in [-0.2, 0) is 11.2 Å². The molecule has 1 amide bonds. The van der Waals surface area contributed by atoms with E-state index in [-0.39, 0.29) is 11.9 Å². The van der Waals surface area contributed by atoms with E-state index < -0.39 is 0 Å². The van der Waals surface area contributed by atoms with E-state index >= 15 is 0 Å². The number of carbonyl (C=O) groups is 1. The van der Waals surface area contributed by atoms with Gasteiger partial charge in [0, 0.05) is 6.42 Å². The Kier molecular flexibility index (Phi) is 3.47. The molecule has 0 spiro atoms. The van der Waals surface area contributed by atoms with Gasteiger partial charge in [-0.25, -0.2) is 4.98 Å². The number of rotatable bonds is 4. The fraction of sp³-hybridized carbons (Fsp3) is 0.214. The third-order valence-corrected chi connectivity index (χ3v) is 3.46. The molecule has 2 aromatic rings. The van der Waals surface area contributed by atoms with Gasteiger partial charge in [-0.05, 0) is 24.2 Å². The van der Waals surface area contributed by atoms with Gasteiger partial charge in [0.2, 0.25) is 5.91 Å². The Bertz CT molecular complexity index is 638. The maximum absolute atomic E-state index is 11.5. The Labute approximate surface area is 121 Å². The molecule has 0 bridgehead atoms. The van der Waals surface area contributed by atoms with Crippen LogP contribution in [-0.4, -0.2) is 27.0 Å². The maximum Gasteiger partial charge on any atom is 0.248 e. The summed E-state index contributed by atoms with van der Waals surface area (Å²) in [4.78, 5) is 19.2. The number of aryl methyl sites for hydroxylation is 1. The summed E-state index contributed by atoms with van der Waals surface area (Å²) in [7, 11) is 0. The molecule has 1 unspecified atom stereocenters. The van der Waals surface area contributed by atoms with Gasteiger partial charge in [-0.15, -0.1) is 0 Å². The number of carbonyl (C=O) groups excluding carboxylic acids is 1. The first-order valence-corrected chi connectivity index (χ1v) is 6.84. The zero-order valence-corrected chi connectivity index (χ0v) is 11.5. The predicted molar refractivity (Wildman–Crippen MR) is 80.0 cm³/mol. The van der Waals surface area contributed by atoms with Crippen molar-refractivity contribution in [2.24, 2.45) is 0 Å². The molecule has 0 saturated carbocycles. The van der Waals surface area contributed by atoms with Crippen LogP contribution >= 0.6 is 12.2 Å². The first-order chi connectivity index (χ1) is 9.72. The number of amides is 1. The van der Waals surface area contributed by atoms with Crippen molar-refractivity contribution in [3.63, 3.8) is 0 Å². The summed E-state index contributed by atoms with van der Waals surface area (Å²) in [5.74, 6) is 0.807. The third kappa shape index (κ3) is 2.70. The molecule has 3 N–H and O–H groups in total. The number of hydrogen-bond acceptors (Lipinski definition) is 3. The molecular weight excluding hydrogens is 272 g/mol. The van der Waals surface area contributed by atoms with E-state index in [4.69, 9.17) is 12.2 Å². The van der Waals surface area contributed by atoms with Gasteiger partial charge in [-0.1, -0.05) is 30.3 Å². The molecule has 2 heterocycles. The number of nitrogens with zero attached hydrogens (tertiary/aromatic N) is 1. The Balaban J connectivity index is 1.63. The molecule has 20 heavy (non-hydrogen) atoms. The minimum Gasteiger partial charge on any atom is -0.351 e. The highest BCUT2D eigenvalue weighted by molar-refractivity contribution is 7.80. The normalized spacial score (nSPS) is 17.9. The number of imidazole rings is 1. The standard InChI is InChI=1S/C14H14N4OS/c19-13-10(17-14(20)18-13)6-7-12-15-8-11(16-12)9-4-2-1-3-5-9/h1-5,8,10H,6-7H2,(H,15,16)(H2,17,18,19,20). The van der Waals surface area contributed by atoms with Gasteiger partial charge in [0.1, 0.15) is 11.9 Å². The van der Waals surface area contributed by atoms with Gasteiger partial charge < -0.3 is 15.6 Å². The highest BCUT2D eigenvalue weighted by Crippen LogP contribution is 2.16. The van der Waals surface area contributed by atoms with Crippen molar-refractivity contribution >= 4 is 23.2 Å². The lowest BCUT2D eigenvalue weighted by molar-refractivity contribution is -0.120. The maximum atomic E-state index is 11.5. The van der Waals surface area contributed by atoms with E-state index in [9.17, 15) is 4.79 Å². The first-order valence-electron chi connectivity index (χ1n) is 6.43. The number of aromatic amines is 1. The van der Waals surface area contributed by atoms with E-state index in [0.29, 0.717) is 18.0 Å². The molecule has 1 atom stereocenters. The van der Waals surface area contributed by atoms with Crippen LogP contribution in [0.1, 0.15) is 12.2 Å². The number of thiocarbonyl (C=S) groups is 1. The number of H-pyrrole nitrogens is 1. The van der Waals surface area contributed by atoms with Gasteiger partial charge in [-0.3, -0.25) is 4.79 Å². The van der Waals surface area contributed by atoms with Crippen molar-refractivity contribution in [2.75, 3.05) is 0 Å². The fourth-order valence-corrected chi connectivity index (χ4v) is 2.44. The molecule has 1 fully saturated rings. The van der Waals surface area contributed by atoms with Crippen LogP contribution in [0.5, 0.6) is 0 Å². The van der Waals surface area contributed by atoms with Crippen molar-refractivity contribution in [1.29, 1.82) is 0 Å². The van der Waals surface area contributed by atoms with Crippen LogP contribution in [0.25, 0.3) is 11.3 Å². The monoisotopic (exact) mass is 286 g/mol. The molecular formula is C14H14N4OS. The lowest BCUT2D eigenvalue weighted by Crippen LogP contribution is -2.29. The molecule has 0 aliphatic carbocycles. The van der Waals surface area contributed by atoms with Crippen molar-refractivity contribution in [1.82, 2.24) is 20.6 Å². The summed E-state index contributed by atoms with van der Waals surface area (Å²) in [5.41, 5.74) is 2.09. The largest absolute Gasteiger partial charge is 0.351 e. The summed E-state index contributed by atoms with van der Waals surface area (Å²) in [5, 5.41) is 5.93. The number of aromatic nitrogens is 2. The molecule has 5 nitrogen and oxygen atoms in total. The van der Waals surface area contributed by atoms with Crippen molar-refractivity contribution in [2.45, 2.75) is 18.9 Å². The Morgan fingerprint density at radius 1 is 1.25 bits per heavy atom. The number of hydrogen-bond donors (Lipinski definition) is 3. The molecule has 1 aliphatic rings. The molecule has 1 aromatic heterocycles. The van der Waals surface area contributed by atoms with Crippen LogP contribution in [0.4, 0.5) is 0 Å². The SMILES string of the molecule is O=C1NC(=S)NC1CCc1ncc(-c2ccccc2)[nH]1. The van der Waals surface area contributed by atoms with Gasteiger partial charge in [0.15, 0.2) is 5.11 Å². The zero-order chi connectivity index (χ0) is 13.9. The van der Waals surface area contributed by atoms with Crippen LogP contribution in [0, 0.1) is 0 Å². The molecule has 102 valence electrons. The van der Waals surface area contributed by atoms with E-state index in [1.807, 2.05) is 36.5 Å². The van der Waals surface area contributed by atoms with Crippen molar-refractivity contribution in [3.05, 3.63) is 42.4 Å². The molecule has 1 aromatic carbocycles. The van der Waals surface area contributed by atoms with Crippen molar-refractivity contribution < 1.29 is 4.79 Å². The summed E-state index contributed by atoms with van der Waals surface area (Å²) in [6, 6.07) is 9.76. The second-order valence-corrected chi connectivity index (χ2v) is 5.07. The fourth-order valence-electron chi connectivity index (χ4n) is 2.20. The Hall–Kier alpha value is -2.21. The summed E-state index contributed by atoms with van der Waals surface area (Å²) in [6.45, 7) is 0.